The molecule has 0 N–H and O–H groups in total. The highest BCUT2D eigenvalue weighted by Crippen LogP contribution is 2.40. The highest BCUT2D eigenvalue weighted by molar-refractivity contribution is 5.34. The van der Waals surface area contributed by atoms with Gasteiger partial charge < -0.3 is 0 Å². The van der Waals surface area contributed by atoms with Gasteiger partial charge in [-0.15, -0.1) is 0 Å². The number of hydrogen-bond acceptors (Lipinski definition) is 1. The van der Waals surface area contributed by atoms with E-state index in [1.54, 1.807) is 0 Å². The molecule has 0 saturated heterocycles. The smallest absolute Gasteiger partial charge is 0.0822 e. The first-order chi connectivity index (χ1) is 7.66. The van der Waals surface area contributed by atoms with E-state index >= 15 is 0 Å². The Morgan fingerprint density at radius 3 is 2.25 bits per heavy atom. The number of benzene rings is 1. The van der Waals surface area contributed by atoms with E-state index in [0.29, 0.717) is 0 Å². The third-order valence-corrected chi connectivity index (χ3v) is 3.95. The van der Waals surface area contributed by atoms with Crippen LogP contribution >= 0.6 is 0 Å². The summed E-state index contributed by atoms with van der Waals surface area (Å²) in [4.78, 5) is 0. The van der Waals surface area contributed by atoms with E-state index < -0.39 is 0 Å². The van der Waals surface area contributed by atoms with Gasteiger partial charge >= 0.3 is 0 Å². The van der Waals surface area contributed by atoms with Gasteiger partial charge in [0.15, 0.2) is 0 Å². The van der Waals surface area contributed by atoms with E-state index in [1.807, 2.05) is 0 Å². The van der Waals surface area contributed by atoms with E-state index in [2.05, 4.69) is 44.2 Å². The van der Waals surface area contributed by atoms with Gasteiger partial charge in [0.1, 0.15) is 0 Å². The normalized spacial score (nSPS) is 29.7. The summed E-state index contributed by atoms with van der Waals surface area (Å²) in [6.45, 7) is 4.38. The van der Waals surface area contributed by atoms with Gasteiger partial charge in [0, 0.05) is 0 Å². The lowest BCUT2D eigenvalue weighted by molar-refractivity contribution is 0.294. The lowest BCUT2D eigenvalue weighted by Gasteiger charge is -2.34. The van der Waals surface area contributed by atoms with Crippen molar-refractivity contribution in [2.45, 2.75) is 44.9 Å². The summed E-state index contributed by atoms with van der Waals surface area (Å²) in [5, 5.41) is 9.50. The minimum Gasteiger partial charge on any atom is -0.197 e. The van der Waals surface area contributed by atoms with E-state index in [4.69, 9.17) is 0 Å². The second-order valence-corrected chi connectivity index (χ2v) is 5.24. The molecule has 84 valence electrons. The standard InChI is InChI=1S/C15H19N/c1-12-3-5-14(6-4-12)15(11-16)9-7-13(2)8-10-15/h3-6,13H,7-10H2,1-2H3. The molecule has 0 amide bonds. The minimum atomic E-state index is -0.208. The summed E-state index contributed by atoms with van der Waals surface area (Å²) in [5.74, 6) is 0.784. The molecule has 0 bridgehead atoms. The van der Waals surface area contributed by atoms with Crippen molar-refractivity contribution in [1.82, 2.24) is 0 Å². The van der Waals surface area contributed by atoms with Gasteiger partial charge in [0.05, 0.1) is 11.5 Å². The molecular formula is C15H19N. The van der Waals surface area contributed by atoms with E-state index in [1.165, 1.54) is 24.0 Å². The average Bonchev–Trinajstić information content (AvgIpc) is 2.32. The summed E-state index contributed by atoms with van der Waals surface area (Å²) in [7, 11) is 0. The number of nitrogens with zero attached hydrogens (tertiary/aromatic N) is 1. The predicted octanol–water partition coefficient (Wildman–Crippen LogP) is 3.97. The molecule has 0 radical (unpaired) electrons. The summed E-state index contributed by atoms with van der Waals surface area (Å²) < 4.78 is 0. The van der Waals surface area contributed by atoms with Gasteiger partial charge in [0.25, 0.3) is 0 Å². The Labute approximate surface area is 98.1 Å². The lowest BCUT2D eigenvalue weighted by atomic mass is 9.68. The van der Waals surface area contributed by atoms with Crippen molar-refractivity contribution in [2.24, 2.45) is 5.92 Å². The topological polar surface area (TPSA) is 23.8 Å². The van der Waals surface area contributed by atoms with Crippen LogP contribution in [0.5, 0.6) is 0 Å². The molecule has 0 aromatic heterocycles. The molecule has 1 aromatic carbocycles. The second kappa shape index (κ2) is 4.29. The van der Waals surface area contributed by atoms with Crippen molar-refractivity contribution in [2.75, 3.05) is 0 Å². The van der Waals surface area contributed by atoms with Crippen molar-refractivity contribution in [3.63, 3.8) is 0 Å². The van der Waals surface area contributed by atoms with Crippen LogP contribution in [0.4, 0.5) is 0 Å². The quantitative estimate of drug-likeness (QED) is 0.692. The SMILES string of the molecule is Cc1ccc(C2(C#N)CCC(C)CC2)cc1. The molecule has 0 heterocycles. The van der Waals surface area contributed by atoms with Crippen LogP contribution in [0.2, 0.25) is 0 Å². The van der Waals surface area contributed by atoms with Gasteiger partial charge in [0.2, 0.25) is 0 Å². The fraction of sp³-hybridized carbons (Fsp3) is 0.533. The van der Waals surface area contributed by atoms with Crippen molar-refractivity contribution < 1.29 is 0 Å². The van der Waals surface area contributed by atoms with Crippen LogP contribution in [0.15, 0.2) is 24.3 Å². The summed E-state index contributed by atoms with van der Waals surface area (Å²) in [6, 6.07) is 11.1. The molecule has 1 fully saturated rings. The molecule has 0 spiro atoms. The predicted molar refractivity (Wildman–Crippen MR) is 66.1 cm³/mol. The van der Waals surface area contributed by atoms with Crippen LogP contribution in [0.25, 0.3) is 0 Å². The number of hydrogen-bond donors (Lipinski definition) is 0. The Hall–Kier alpha value is -1.29. The van der Waals surface area contributed by atoms with Gasteiger partial charge in [-0.2, -0.15) is 5.26 Å². The number of nitriles is 1. The van der Waals surface area contributed by atoms with E-state index in [0.717, 1.165) is 18.8 Å². The summed E-state index contributed by atoms with van der Waals surface area (Å²) in [5.41, 5.74) is 2.27. The molecule has 2 rings (SSSR count). The van der Waals surface area contributed by atoms with Crippen molar-refractivity contribution in [1.29, 1.82) is 5.26 Å². The molecule has 1 heteroatoms. The van der Waals surface area contributed by atoms with Gasteiger partial charge in [-0.3, -0.25) is 0 Å². The molecule has 16 heavy (non-hydrogen) atoms. The molecule has 1 aliphatic rings. The van der Waals surface area contributed by atoms with E-state index in [-0.39, 0.29) is 5.41 Å². The van der Waals surface area contributed by atoms with Crippen LogP contribution in [-0.4, -0.2) is 0 Å². The molecule has 0 aliphatic heterocycles. The first kappa shape index (κ1) is 11.2. The van der Waals surface area contributed by atoms with Gasteiger partial charge in [-0.25, -0.2) is 0 Å². The van der Waals surface area contributed by atoms with Crippen LogP contribution in [-0.2, 0) is 5.41 Å². The van der Waals surface area contributed by atoms with Crippen molar-refractivity contribution in [3.05, 3.63) is 35.4 Å². The third-order valence-electron chi connectivity index (χ3n) is 3.95. The Bertz CT molecular complexity index is 388. The maximum Gasteiger partial charge on any atom is 0.0822 e. The number of aryl methyl sites for hydroxylation is 1. The first-order valence-electron chi connectivity index (χ1n) is 6.15. The summed E-state index contributed by atoms with van der Waals surface area (Å²) in [6.07, 6.45) is 4.41. The monoisotopic (exact) mass is 213 g/mol. The van der Waals surface area contributed by atoms with Gasteiger partial charge in [-0.1, -0.05) is 36.8 Å². The van der Waals surface area contributed by atoms with Crippen LogP contribution in [0.3, 0.4) is 0 Å². The second-order valence-electron chi connectivity index (χ2n) is 5.24. The zero-order valence-electron chi connectivity index (χ0n) is 10.2. The number of rotatable bonds is 1. The molecule has 1 nitrogen and oxygen atoms in total. The molecular weight excluding hydrogens is 194 g/mol. The zero-order chi connectivity index (χ0) is 11.6. The summed E-state index contributed by atoms with van der Waals surface area (Å²) >= 11 is 0. The largest absolute Gasteiger partial charge is 0.197 e. The fourth-order valence-corrected chi connectivity index (χ4v) is 2.59. The van der Waals surface area contributed by atoms with Crippen molar-refractivity contribution in [3.8, 4) is 6.07 Å². The zero-order valence-corrected chi connectivity index (χ0v) is 10.2. The molecule has 1 saturated carbocycles. The Balaban J connectivity index is 2.29. The molecule has 1 aromatic rings. The highest BCUT2D eigenvalue weighted by atomic mass is 14.4. The van der Waals surface area contributed by atoms with Crippen LogP contribution in [0.1, 0.15) is 43.7 Å². The maximum atomic E-state index is 9.50. The fourth-order valence-electron chi connectivity index (χ4n) is 2.59. The average molecular weight is 213 g/mol. The maximum absolute atomic E-state index is 9.50. The molecule has 0 atom stereocenters. The van der Waals surface area contributed by atoms with E-state index in [9.17, 15) is 5.26 Å². The Morgan fingerprint density at radius 1 is 1.19 bits per heavy atom. The molecule has 1 aliphatic carbocycles. The third kappa shape index (κ3) is 1.97. The van der Waals surface area contributed by atoms with Crippen LogP contribution in [0, 0.1) is 24.2 Å². The van der Waals surface area contributed by atoms with Crippen LogP contribution < -0.4 is 0 Å². The molecule has 0 unspecified atom stereocenters. The minimum absolute atomic E-state index is 0.208. The first-order valence-corrected chi connectivity index (χ1v) is 6.15. The van der Waals surface area contributed by atoms with Crippen molar-refractivity contribution >= 4 is 0 Å². The lowest BCUT2D eigenvalue weighted by Crippen LogP contribution is -2.29. The van der Waals surface area contributed by atoms with Gasteiger partial charge in [-0.05, 0) is 44.1 Å². The highest BCUT2D eigenvalue weighted by Gasteiger charge is 2.35. The Morgan fingerprint density at radius 2 is 1.75 bits per heavy atom. The Kier molecular flexibility index (Phi) is 3.01.